The van der Waals surface area contributed by atoms with Crippen LogP contribution in [0.25, 0.3) is 0 Å². The number of carbonyl (C=O) groups excluding carboxylic acids is 1. The number of ether oxygens (including phenoxy) is 1. The first-order valence-electron chi connectivity index (χ1n) is 8.37. The van der Waals surface area contributed by atoms with Gasteiger partial charge in [0.05, 0.1) is 40.7 Å². The van der Waals surface area contributed by atoms with Crippen LogP contribution in [-0.4, -0.2) is 39.4 Å². The molecule has 10 heteroatoms. The minimum Gasteiger partial charge on any atom is -0.481 e. The molecule has 0 spiro atoms. The summed E-state index contributed by atoms with van der Waals surface area (Å²) in [4.78, 5) is 24.6. The van der Waals surface area contributed by atoms with Crippen LogP contribution in [0.4, 0.5) is 18.9 Å². The third-order valence-electron chi connectivity index (χ3n) is 5.58. The van der Waals surface area contributed by atoms with E-state index in [4.69, 9.17) is 10.00 Å². The number of nitriles is 1. The molecule has 2 aliphatic heterocycles. The molecule has 3 rings (SSSR count). The summed E-state index contributed by atoms with van der Waals surface area (Å²) in [6.07, 6.45) is -5.88. The number of aliphatic hydroxyl groups excluding tert-OH is 1. The number of aliphatic carboxylic acids is 1. The lowest BCUT2D eigenvalue weighted by atomic mass is 9.66. The van der Waals surface area contributed by atoms with E-state index >= 15 is 0 Å². The third kappa shape index (κ3) is 2.91. The number of halogens is 3. The summed E-state index contributed by atoms with van der Waals surface area (Å²) in [5.74, 6) is -4.77. The zero-order valence-electron chi connectivity index (χ0n) is 14.9. The van der Waals surface area contributed by atoms with E-state index in [0.29, 0.717) is 6.07 Å². The van der Waals surface area contributed by atoms with Crippen molar-refractivity contribution in [2.45, 2.75) is 43.8 Å². The molecule has 2 saturated heterocycles. The molecule has 3 N–H and O–H groups in total. The average molecular weight is 398 g/mol. The van der Waals surface area contributed by atoms with Crippen LogP contribution in [0.5, 0.6) is 0 Å². The number of carboxylic acid groups (broad SMARTS) is 1. The Bertz CT molecular complexity index is 896. The van der Waals surface area contributed by atoms with Crippen molar-refractivity contribution in [1.82, 2.24) is 0 Å². The summed E-state index contributed by atoms with van der Waals surface area (Å²) in [7, 11) is 0. The van der Waals surface area contributed by atoms with Gasteiger partial charge in [0.1, 0.15) is 5.60 Å². The number of hydrogen-bond acceptors (Lipinski definition) is 5. The van der Waals surface area contributed by atoms with Gasteiger partial charge >= 0.3 is 12.1 Å². The second-order valence-electron chi connectivity index (χ2n) is 7.47. The largest absolute Gasteiger partial charge is 0.481 e. The van der Waals surface area contributed by atoms with Crippen LogP contribution in [0, 0.1) is 23.2 Å². The molecule has 1 amide bonds. The summed E-state index contributed by atoms with van der Waals surface area (Å²) >= 11 is 0. The van der Waals surface area contributed by atoms with Crippen molar-refractivity contribution in [3.63, 3.8) is 0 Å². The highest BCUT2D eigenvalue weighted by molar-refractivity contribution is 5.97. The number of amides is 1. The van der Waals surface area contributed by atoms with Crippen molar-refractivity contribution in [2.75, 3.05) is 5.32 Å². The molecule has 0 aromatic heterocycles. The van der Waals surface area contributed by atoms with Crippen molar-refractivity contribution in [2.24, 2.45) is 11.8 Å². The van der Waals surface area contributed by atoms with Gasteiger partial charge in [-0.1, -0.05) is 0 Å². The quantitative estimate of drug-likeness (QED) is 0.718. The molecule has 28 heavy (non-hydrogen) atoms. The van der Waals surface area contributed by atoms with E-state index in [9.17, 15) is 33.0 Å². The Morgan fingerprint density at radius 2 is 1.96 bits per heavy atom. The number of benzene rings is 1. The standard InChI is InChI=1S/C18H17F3N2O5/c1-16-6-11(24)17(2,28-16)12(13(16)15(26)27)14(25)23-9-4-3-8(7-22)10(5-9)18(19,20)21/h3-5,11-13,24H,6H2,1-2H3,(H,23,25)(H,26,27)/t11?,12-,13+,16-,17?/m1/s1. The molecule has 150 valence electrons. The number of nitrogens with one attached hydrogen (secondary N) is 1. The van der Waals surface area contributed by atoms with E-state index in [2.05, 4.69) is 5.32 Å². The second kappa shape index (κ2) is 6.18. The lowest BCUT2D eigenvalue weighted by Gasteiger charge is -2.36. The Morgan fingerprint density at radius 3 is 2.50 bits per heavy atom. The van der Waals surface area contributed by atoms with Crippen LogP contribution in [0.2, 0.25) is 0 Å². The Balaban J connectivity index is 1.95. The number of fused-ring (bicyclic) bond motifs is 2. The van der Waals surface area contributed by atoms with Crippen LogP contribution < -0.4 is 5.32 Å². The fraction of sp³-hybridized carbons (Fsp3) is 0.500. The van der Waals surface area contributed by atoms with E-state index in [1.165, 1.54) is 19.9 Å². The highest BCUT2D eigenvalue weighted by atomic mass is 19.4. The molecule has 2 heterocycles. The highest BCUT2D eigenvalue weighted by Gasteiger charge is 2.71. The van der Waals surface area contributed by atoms with Crippen LogP contribution in [0.1, 0.15) is 31.4 Å². The van der Waals surface area contributed by atoms with E-state index in [-0.39, 0.29) is 12.1 Å². The smallest absolute Gasteiger partial charge is 0.417 e. The Kier molecular flexibility index (Phi) is 4.44. The zero-order valence-corrected chi connectivity index (χ0v) is 14.9. The third-order valence-corrected chi connectivity index (χ3v) is 5.58. The normalized spacial score (nSPS) is 34.1. The van der Waals surface area contributed by atoms with Gasteiger partial charge in [-0.15, -0.1) is 0 Å². The number of aliphatic hydroxyl groups is 1. The minimum atomic E-state index is -4.80. The lowest BCUT2D eigenvalue weighted by molar-refractivity contribution is -0.151. The van der Waals surface area contributed by atoms with Gasteiger partial charge in [-0.2, -0.15) is 18.4 Å². The van der Waals surface area contributed by atoms with Gasteiger partial charge < -0.3 is 20.3 Å². The monoisotopic (exact) mass is 398 g/mol. The number of carbonyl (C=O) groups is 2. The Morgan fingerprint density at radius 1 is 1.32 bits per heavy atom. The van der Waals surface area contributed by atoms with Gasteiger partial charge in [-0.05, 0) is 32.0 Å². The minimum absolute atomic E-state index is 0.0271. The Hall–Kier alpha value is -2.64. The number of rotatable bonds is 3. The molecule has 0 aliphatic carbocycles. The molecular formula is C18H17F3N2O5. The molecule has 0 saturated carbocycles. The maximum atomic E-state index is 13.1. The van der Waals surface area contributed by atoms with E-state index in [1.807, 2.05) is 0 Å². The number of nitrogens with zero attached hydrogens (tertiary/aromatic N) is 1. The van der Waals surface area contributed by atoms with Crippen LogP contribution >= 0.6 is 0 Å². The lowest BCUT2D eigenvalue weighted by Crippen LogP contribution is -2.54. The molecule has 2 unspecified atom stereocenters. The van der Waals surface area contributed by atoms with Crippen molar-refractivity contribution < 1.29 is 37.7 Å². The van der Waals surface area contributed by atoms with Crippen molar-refractivity contribution in [3.8, 4) is 6.07 Å². The predicted molar refractivity (Wildman–Crippen MR) is 87.9 cm³/mol. The van der Waals surface area contributed by atoms with Gasteiger partial charge in [0, 0.05) is 12.1 Å². The summed E-state index contributed by atoms with van der Waals surface area (Å²) in [6.45, 7) is 2.90. The number of anilines is 1. The number of carboxylic acids is 1. The second-order valence-corrected chi connectivity index (χ2v) is 7.47. The van der Waals surface area contributed by atoms with Crippen LogP contribution in [0.15, 0.2) is 18.2 Å². The molecular weight excluding hydrogens is 381 g/mol. The first-order chi connectivity index (χ1) is 12.8. The number of hydrogen-bond donors (Lipinski definition) is 3. The summed E-state index contributed by atoms with van der Waals surface area (Å²) in [6, 6.07) is 4.09. The first kappa shape index (κ1) is 20.1. The average Bonchev–Trinajstić information content (AvgIpc) is 2.95. The molecule has 1 aromatic carbocycles. The topological polar surface area (TPSA) is 120 Å². The summed E-state index contributed by atoms with van der Waals surface area (Å²) in [5, 5.41) is 31.0. The molecule has 7 nitrogen and oxygen atoms in total. The van der Waals surface area contributed by atoms with Crippen LogP contribution in [0.3, 0.4) is 0 Å². The molecule has 2 fully saturated rings. The molecule has 1 aromatic rings. The first-order valence-corrected chi connectivity index (χ1v) is 8.37. The van der Waals surface area contributed by atoms with Gasteiger partial charge in [-0.3, -0.25) is 9.59 Å². The maximum absolute atomic E-state index is 13.1. The Labute approximate surface area is 157 Å². The van der Waals surface area contributed by atoms with Gasteiger partial charge in [0.15, 0.2) is 0 Å². The van der Waals surface area contributed by atoms with Gasteiger partial charge in [-0.25, -0.2) is 0 Å². The number of alkyl halides is 3. The van der Waals surface area contributed by atoms with Gasteiger partial charge in [0.2, 0.25) is 5.91 Å². The maximum Gasteiger partial charge on any atom is 0.417 e. The molecule has 0 radical (unpaired) electrons. The van der Waals surface area contributed by atoms with Crippen molar-refractivity contribution >= 4 is 17.6 Å². The van der Waals surface area contributed by atoms with E-state index in [1.54, 1.807) is 0 Å². The fourth-order valence-electron chi connectivity index (χ4n) is 4.33. The summed E-state index contributed by atoms with van der Waals surface area (Å²) in [5.41, 5.74) is -4.82. The fourth-order valence-corrected chi connectivity index (χ4v) is 4.33. The summed E-state index contributed by atoms with van der Waals surface area (Å²) < 4.78 is 45.0. The molecule has 2 aliphatic rings. The van der Waals surface area contributed by atoms with E-state index in [0.717, 1.165) is 12.1 Å². The van der Waals surface area contributed by atoms with Crippen LogP contribution in [-0.2, 0) is 20.5 Å². The molecule has 5 atom stereocenters. The SMILES string of the molecule is CC12O[C@](C)(CC1O)[C@H](C(=O)O)[C@@H]2C(=O)Nc1ccc(C#N)c(C(F)(F)F)c1. The zero-order chi connectivity index (χ0) is 21.1. The molecule has 2 bridgehead atoms. The highest BCUT2D eigenvalue weighted by Crippen LogP contribution is 2.57. The van der Waals surface area contributed by atoms with Crippen molar-refractivity contribution in [1.29, 1.82) is 5.26 Å². The van der Waals surface area contributed by atoms with E-state index < -0.39 is 58.3 Å². The predicted octanol–water partition coefficient (Wildman–Crippen LogP) is 2.14. The van der Waals surface area contributed by atoms with Gasteiger partial charge in [0.25, 0.3) is 0 Å². The van der Waals surface area contributed by atoms with Crippen molar-refractivity contribution in [3.05, 3.63) is 29.3 Å².